The molecule has 8 nitrogen and oxygen atoms in total. The maximum atomic E-state index is 10.4. The molecule has 9 heteroatoms. The van der Waals surface area contributed by atoms with Crippen molar-refractivity contribution >= 4 is 17.4 Å². The Labute approximate surface area is 146 Å². The lowest BCUT2D eigenvalue weighted by Crippen LogP contribution is -2.49. The number of anilines is 1. The molecule has 24 heavy (non-hydrogen) atoms. The predicted molar refractivity (Wildman–Crippen MR) is 89.7 cm³/mol. The Morgan fingerprint density at radius 1 is 1.46 bits per heavy atom. The molecule has 2 heterocycles. The summed E-state index contributed by atoms with van der Waals surface area (Å²) in [6.07, 6.45) is 0.862. The molecule has 0 amide bonds. The number of nitrogens with two attached hydrogens (primary N) is 1. The van der Waals surface area contributed by atoms with Gasteiger partial charge in [-0.1, -0.05) is 11.6 Å². The summed E-state index contributed by atoms with van der Waals surface area (Å²) in [7, 11) is 1.63. The normalized spacial score (nSPS) is 23.4. The lowest BCUT2D eigenvalue weighted by Gasteiger charge is -2.34. The van der Waals surface area contributed by atoms with Gasteiger partial charge < -0.3 is 25.1 Å². The van der Waals surface area contributed by atoms with Gasteiger partial charge in [-0.15, -0.1) is 0 Å². The van der Waals surface area contributed by atoms with Crippen LogP contribution in [0.4, 0.5) is 5.82 Å². The van der Waals surface area contributed by atoms with Crippen LogP contribution < -0.4 is 10.5 Å². The second-order valence-electron chi connectivity index (χ2n) is 6.61. The Morgan fingerprint density at radius 3 is 2.75 bits per heavy atom. The molecule has 3 atom stereocenters. The summed E-state index contributed by atoms with van der Waals surface area (Å²) in [6, 6.07) is -0.219. The summed E-state index contributed by atoms with van der Waals surface area (Å²) >= 11 is 6.00. The van der Waals surface area contributed by atoms with Gasteiger partial charge in [-0.05, 0) is 27.2 Å². The number of nitrogen functional groups attached to an aromatic ring is 1. The quantitative estimate of drug-likeness (QED) is 0.577. The number of nitrogens with zero attached hydrogens (tertiary/aromatic N) is 3. The van der Waals surface area contributed by atoms with E-state index in [1.165, 1.54) is 6.33 Å². The molecule has 0 radical (unpaired) electrons. The first-order chi connectivity index (χ1) is 11.2. The average Bonchev–Trinajstić information content (AvgIpc) is 2.88. The summed E-state index contributed by atoms with van der Waals surface area (Å²) in [5, 5.41) is 10.5. The third-order valence-corrected chi connectivity index (χ3v) is 4.03. The Bertz CT molecular complexity index is 535. The smallest absolute Gasteiger partial charge is 0.217 e. The van der Waals surface area contributed by atoms with Crippen molar-refractivity contribution in [2.45, 2.75) is 51.4 Å². The fourth-order valence-electron chi connectivity index (χ4n) is 2.65. The number of methoxy groups -OCH3 is 1. The van der Waals surface area contributed by atoms with Gasteiger partial charge in [0.1, 0.15) is 12.9 Å². The van der Waals surface area contributed by atoms with E-state index < -0.39 is 12.0 Å². The van der Waals surface area contributed by atoms with E-state index in [-0.39, 0.29) is 35.5 Å². The Morgan fingerprint density at radius 2 is 2.17 bits per heavy atom. The number of likely N-dealkylation sites (tertiary alicyclic amines) is 1. The van der Waals surface area contributed by atoms with Gasteiger partial charge in [0.25, 0.3) is 0 Å². The van der Waals surface area contributed by atoms with Gasteiger partial charge in [0.15, 0.2) is 16.7 Å². The fourth-order valence-corrected chi connectivity index (χ4v) is 2.85. The Balaban J connectivity index is 2.08. The minimum atomic E-state index is -1.06. The second-order valence-corrected chi connectivity index (χ2v) is 6.97. The van der Waals surface area contributed by atoms with E-state index in [4.69, 9.17) is 31.5 Å². The third kappa shape index (κ3) is 4.67. The molecule has 0 spiro atoms. The van der Waals surface area contributed by atoms with E-state index in [0.717, 1.165) is 6.42 Å². The van der Waals surface area contributed by atoms with E-state index in [1.54, 1.807) is 12.0 Å². The summed E-state index contributed by atoms with van der Waals surface area (Å²) in [6.45, 7) is 6.48. The van der Waals surface area contributed by atoms with Crippen LogP contribution in [0.1, 0.15) is 27.2 Å². The fraction of sp³-hybridized carbons (Fsp3) is 0.733. The molecule has 1 unspecified atom stereocenters. The summed E-state index contributed by atoms with van der Waals surface area (Å²) in [5.74, 6) is 0.395. The minimum Gasteiger partial charge on any atom is -0.485 e. The van der Waals surface area contributed by atoms with Crippen molar-refractivity contribution in [2.24, 2.45) is 0 Å². The Hall–Kier alpha value is -1.19. The summed E-state index contributed by atoms with van der Waals surface area (Å²) in [5.41, 5.74) is 5.30. The van der Waals surface area contributed by atoms with Crippen LogP contribution in [0.5, 0.6) is 5.75 Å². The summed E-state index contributed by atoms with van der Waals surface area (Å²) in [4.78, 5) is 9.52. The molecule has 136 valence electrons. The zero-order valence-electron chi connectivity index (χ0n) is 14.4. The number of ether oxygens (including phenoxy) is 3. The third-order valence-electron chi connectivity index (χ3n) is 3.76. The maximum absolute atomic E-state index is 10.4. The zero-order chi connectivity index (χ0) is 17.9. The lowest BCUT2D eigenvalue weighted by molar-refractivity contribution is -0.246. The van der Waals surface area contributed by atoms with Crippen LogP contribution in [0.3, 0.4) is 0 Å². The highest BCUT2D eigenvalue weighted by atomic mass is 35.5. The lowest BCUT2D eigenvalue weighted by atomic mass is 10.2. The average molecular weight is 361 g/mol. The van der Waals surface area contributed by atoms with Gasteiger partial charge in [0.05, 0.1) is 17.7 Å². The van der Waals surface area contributed by atoms with Crippen LogP contribution in [-0.4, -0.2) is 64.4 Å². The van der Waals surface area contributed by atoms with E-state index >= 15 is 0 Å². The Kier molecular flexibility index (Phi) is 6.22. The molecule has 2 rings (SSSR count). The molecule has 0 saturated carbocycles. The first-order valence-corrected chi connectivity index (χ1v) is 8.14. The van der Waals surface area contributed by atoms with Crippen LogP contribution in [0.15, 0.2) is 6.33 Å². The van der Waals surface area contributed by atoms with Gasteiger partial charge in [0, 0.05) is 13.7 Å². The summed E-state index contributed by atoms with van der Waals surface area (Å²) < 4.78 is 16.9. The van der Waals surface area contributed by atoms with E-state index in [9.17, 15) is 5.11 Å². The number of rotatable bonds is 6. The maximum Gasteiger partial charge on any atom is 0.217 e. The van der Waals surface area contributed by atoms with E-state index in [1.807, 2.05) is 20.8 Å². The number of aliphatic hydroxyl groups is 1. The molecule has 1 saturated heterocycles. The second kappa shape index (κ2) is 7.79. The molecule has 1 fully saturated rings. The molecular formula is C15H25ClN4O4. The zero-order valence-corrected chi connectivity index (χ0v) is 15.2. The highest BCUT2D eigenvalue weighted by molar-refractivity contribution is 6.31. The van der Waals surface area contributed by atoms with Gasteiger partial charge >= 0.3 is 0 Å². The molecule has 1 aliphatic rings. The SMILES string of the molecule is CO[C@H]1CCN(C(O)OC(C)(C)C)[C@@H]1COc1c(N)ncnc1Cl. The first-order valence-electron chi connectivity index (χ1n) is 7.76. The van der Waals surface area contributed by atoms with Gasteiger partial charge in [-0.3, -0.25) is 0 Å². The van der Waals surface area contributed by atoms with Crippen molar-refractivity contribution < 1.29 is 19.3 Å². The van der Waals surface area contributed by atoms with Crippen molar-refractivity contribution in [1.82, 2.24) is 14.9 Å². The van der Waals surface area contributed by atoms with Crippen LogP contribution in [0.25, 0.3) is 0 Å². The number of halogens is 1. The standard InChI is InChI=1S/C15H25ClN4O4/c1-15(2,3)24-14(21)20-6-5-10(22-4)9(20)7-23-11-12(16)18-8-19-13(11)17/h8-10,14,21H,5-7H2,1-4H3,(H2,17,18,19)/t9-,10+,14?/m1/s1. The molecule has 3 N–H and O–H groups in total. The number of aromatic nitrogens is 2. The van der Waals surface area contributed by atoms with E-state index in [2.05, 4.69) is 9.97 Å². The largest absolute Gasteiger partial charge is 0.485 e. The van der Waals surface area contributed by atoms with Crippen LogP contribution in [-0.2, 0) is 9.47 Å². The highest BCUT2D eigenvalue weighted by Crippen LogP contribution is 2.29. The highest BCUT2D eigenvalue weighted by Gasteiger charge is 2.40. The predicted octanol–water partition coefficient (Wildman–Crippen LogP) is 1.27. The topological polar surface area (TPSA) is 103 Å². The molecule has 1 aromatic rings. The van der Waals surface area contributed by atoms with Crippen LogP contribution in [0, 0.1) is 0 Å². The molecule has 1 aromatic heterocycles. The van der Waals surface area contributed by atoms with E-state index in [0.29, 0.717) is 6.54 Å². The van der Waals surface area contributed by atoms with Crippen molar-refractivity contribution in [2.75, 3.05) is 26.0 Å². The van der Waals surface area contributed by atoms with Crippen molar-refractivity contribution in [3.63, 3.8) is 0 Å². The number of hydrogen-bond acceptors (Lipinski definition) is 8. The molecule has 0 aliphatic carbocycles. The number of aliphatic hydroxyl groups excluding tert-OH is 1. The van der Waals surface area contributed by atoms with Crippen molar-refractivity contribution in [3.05, 3.63) is 11.5 Å². The van der Waals surface area contributed by atoms with Crippen LogP contribution >= 0.6 is 11.6 Å². The first kappa shape index (κ1) is 19.1. The van der Waals surface area contributed by atoms with Gasteiger partial charge in [-0.25, -0.2) is 14.9 Å². The minimum absolute atomic E-state index is 0.104. The van der Waals surface area contributed by atoms with Gasteiger partial charge in [0.2, 0.25) is 6.41 Å². The molecule has 0 aromatic carbocycles. The van der Waals surface area contributed by atoms with Gasteiger partial charge in [-0.2, -0.15) is 0 Å². The molecule has 1 aliphatic heterocycles. The van der Waals surface area contributed by atoms with Crippen molar-refractivity contribution in [1.29, 1.82) is 0 Å². The van der Waals surface area contributed by atoms with Crippen molar-refractivity contribution in [3.8, 4) is 5.75 Å². The monoisotopic (exact) mass is 360 g/mol. The number of hydrogen-bond donors (Lipinski definition) is 2. The molecular weight excluding hydrogens is 336 g/mol. The van der Waals surface area contributed by atoms with Crippen LogP contribution in [0.2, 0.25) is 5.15 Å². The molecule has 0 bridgehead atoms.